The van der Waals surface area contributed by atoms with Crippen molar-refractivity contribution in [3.63, 3.8) is 0 Å². The van der Waals surface area contributed by atoms with E-state index in [2.05, 4.69) is 26.1 Å². The number of nitrogens with one attached hydrogen (secondary N) is 3. The molecule has 3 N–H and O–H groups in total. The number of rotatable bonds is 9. The van der Waals surface area contributed by atoms with Crippen molar-refractivity contribution < 1.29 is 14.4 Å². The highest BCUT2D eigenvalue weighted by Crippen LogP contribution is 2.27. The van der Waals surface area contributed by atoms with Gasteiger partial charge in [0.15, 0.2) is 0 Å². The number of aryl methyl sites for hydroxylation is 1. The van der Waals surface area contributed by atoms with Crippen LogP contribution in [-0.2, 0) is 9.59 Å². The van der Waals surface area contributed by atoms with Gasteiger partial charge in [-0.3, -0.25) is 19.7 Å². The Balaban J connectivity index is 1.49. The summed E-state index contributed by atoms with van der Waals surface area (Å²) in [6, 6.07) is 22.7. The van der Waals surface area contributed by atoms with Crippen LogP contribution < -0.4 is 16.0 Å². The summed E-state index contributed by atoms with van der Waals surface area (Å²) in [5, 5.41) is 17.3. The lowest BCUT2D eigenvalue weighted by molar-refractivity contribution is -0.115. The molecule has 11 heteroatoms. The molecule has 39 heavy (non-hydrogen) atoms. The molecule has 4 rings (SSSR count). The van der Waals surface area contributed by atoms with Gasteiger partial charge >= 0.3 is 0 Å². The summed E-state index contributed by atoms with van der Waals surface area (Å²) < 4.78 is 0. The molecule has 1 heterocycles. The molecule has 1 aromatic heterocycles. The van der Waals surface area contributed by atoms with Crippen LogP contribution in [0.25, 0.3) is 6.08 Å². The van der Waals surface area contributed by atoms with Crippen LogP contribution in [0.15, 0.2) is 89.5 Å². The molecule has 1 unspecified atom stereocenters. The van der Waals surface area contributed by atoms with Gasteiger partial charge in [0.2, 0.25) is 11.0 Å². The lowest BCUT2D eigenvalue weighted by atomic mass is 10.1. The number of anilines is 2. The Morgan fingerprint density at radius 3 is 2.41 bits per heavy atom. The van der Waals surface area contributed by atoms with Crippen LogP contribution in [0.2, 0.25) is 5.02 Å². The number of hydrogen-bond donors (Lipinski definition) is 3. The van der Waals surface area contributed by atoms with Crippen molar-refractivity contribution in [1.82, 2.24) is 15.5 Å². The summed E-state index contributed by atoms with van der Waals surface area (Å²) in [6.07, 6.45) is 1.53. The zero-order valence-corrected chi connectivity index (χ0v) is 23.4. The molecule has 0 fully saturated rings. The maximum absolute atomic E-state index is 13.3. The SMILES string of the molecule is Cc1nnc(NC(=O)C(C)Sc2cccc(NC(=O)/C(=C\c3ccccc3Cl)NC(=O)c3ccccc3)c2)s1. The molecule has 4 aromatic rings. The van der Waals surface area contributed by atoms with Crippen molar-refractivity contribution in [2.24, 2.45) is 0 Å². The molecule has 0 spiro atoms. The number of carbonyl (C=O) groups is 3. The topological polar surface area (TPSA) is 113 Å². The van der Waals surface area contributed by atoms with Crippen LogP contribution in [0, 0.1) is 6.92 Å². The van der Waals surface area contributed by atoms with Crippen molar-refractivity contribution in [1.29, 1.82) is 0 Å². The van der Waals surface area contributed by atoms with Crippen LogP contribution in [0.5, 0.6) is 0 Å². The predicted octanol–water partition coefficient (Wildman–Crippen LogP) is 6.03. The van der Waals surface area contributed by atoms with E-state index in [0.29, 0.717) is 27.0 Å². The normalized spacial score (nSPS) is 11.9. The third-order valence-electron chi connectivity index (χ3n) is 5.26. The first-order valence-corrected chi connectivity index (χ1v) is 13.9. The molecule has 1 atom stereocenters. The molecule has 198 valence electrons. The molecule has 0 saturated carbocycles. The van der Waals surface area contributed by atoms with E-state index in [1.165, 1.54) is 29.2 Å². The Kier molecular flexibility index (Phi) is 9.48. The van der Waals surface area contributed by atoms with Crippen LogP contribution >= 0.6 is 34.7 Å². The van der Waals surface area contributed by atoms with Gasteiger partial charge in [-0.1, -0.05) is 65.4 Å². The van der Waals surface area contributed by atoms with E-state index in [9.17, 15) is 14.4 Å². The van der Waals surface area contributed by atoms with Gasteiger partial charge in [0.25, 0.3) is 11.8 Å². The number of benzene rings is 3. The monoisotopic (exact) mass is 577 g/mol. The summed E-state index contributed by atoms with van der Waals surface area (Å²) in [5.74, 6) is -1.17. The van der Waals surface area contributed by atoms with Crippen LogP contribution in [-0.4, -0.2) is 33.2 Å². The third kappa shape index (κ3) is 8.00. The predicted molar refractivity (Wildman–Crippen MR) is 157 cm³/mol. The average Bonchev–Trinajstić information content (AvgIpc) is 3.34. The van der Waals surface area contributed by atoms with E-state index >= 15 is 0 Å². The van der Waals surface area contributed by atoms with Crippen LogP contribution in [0.3, 0.4) is 0 Å². The van der Waals surface area contributed by atoms with E-state index in [0.717, 1.165) is 9.90 Å². The fraction of sp³-hybridized carbons (Fsp3) is 0.107. The Morgan fingerprint density at radius 2 is 1.69 bits per heavy atom. The Labute approximate surface area is 238 Å². The third-order valence-corrected chi connectivity index (χ3v) is 7.46. The fourth-order valence-corrected chi connectivity index (χ4v) is 5.06. The highest BCUT2D eigenvalue weighted by atomic mass is 35.5. The van der Waals surface area contributed by atoms with Crippen LogP contribution in [0.4, 0.5) is 10.8 Å². The molecular weight excluding hydrogens is 554 g/mol. The first-order valence-electron chi connectivity index (χ1n) is 11.8. The first-order chi connectivity index (χ1) is 18.8. The fourth-order valence-electron chi connectivity index (χ4n) is 3.35. The largest absolute Gasteiger partial charge is 0.321 e. The molecule has 8 nitrogen and oxygen atoms in total. The second-order valence-electron chi connectivity index (χ2n) is 8.26. The minimum atomic E-state index is -0.529. The van der Waals surface area contributed by atoms with Gasteiger partial charge in [-0.25, -0.2) is 0 Å². The number of amides is 3. The van der Waals surface area contributed by atoms with E-state index in [1.807, 2.05) is 13.0 Å². The van der Waals surface area contributed by atoms with E-state index in [-0.39, 0.29) is 11.6 Å². The van der Waals surface area contributed by atoms with Gasteiger partial charge in [-0.2, -0.15) is 0 Å². The second-order valence-corrected chi connectivity index (χ2v) is 11.3. The van der Waals surface area contributed by atoms with Crippen molar-refractivity contribution in [3.05, 3.63) is 106 Å². The van der Waals surface area contributed by atoms with Crippen molar-refractivity contribution >= 4 is 69.3 Å². The van der Waals surface area contributed by atoms with Crippen molar-refractivity contribution in [2.75, 3.05) is 10.6 Å². The lowest BCUT2D eigenvalue weighted by Gasteiger charge is -2.14. The molecule has 3 amide bonds. The summed E-state index contributed by atoms with van der Waals surface area (Å²) in [4.78, 5) is 39.5. The number of aromatic nitrogens is 2. The maximum atomic E-state index is 13.3. The smallest absolute Gasteiger partial charge is 0.272 e. The molecule has 0 bridgehead atoms. The second kappa shape index (κ2) is 13.2. The van der Waals surface area contributed by atoms with E-state index in [4.69, 9.17) is 11.6 Å². The molecule has 0 aliphatic rings. The molecule has 3 aromatic carbocycles. The van der Waals surface area contributed by atoms with Gasteiger partial charge in [0.1, 0.15) is 10.7 Å². The highest BCUT2D eigenvalue weighted by Gasteiger charge is 2.18. The van der Waals surface area contributed by atoms with Crippen molar-refractivity contribution in [3.8, 4) is 0 Å². The standard InChI is InChI=1S/C28H24ClN5O3S2/c1-17(25(35)32-28-34-33-18(2)39-28)38-22-13-8-12-21(16-22)30-27(37)24(15-20-11-6-7-14-23(20)29)31-26(36)19-9-4-3-5-10-19/h3-17H,1-2H3,(H,30,37)(H,31,36)(H,32,34,35)/b24-15+. The molecule has 0 radical (unpaired) electrons. The highest BCUT2D eigenvalue weighted by molar-refractivity contribution is 8.00. The number of halogens is 1. The minimum absolute atomic E-state index is 0.0232. The molecule has 0 aliphatic heterocycles. The lowest BCUT2D eigenvalue weighted by Crippen LogP contribution is -2.30. The Hall–Kier alpha value is -3.99. The quantitative estimate of drug-likeness (QED) is 0.165. The van der Waals surface area contributed by atoms with Gasteiger partial charge in [0, 0.05) is 21.2 Å². The summed E-state index contributed by atoms with van der Waals surface area (Å²) in [5.41, 5.74) is 1.50. The number of carbonyl (C=O) groups excluding carboxylic acids is 3. The number of hydrogen-bond acceptors (Lipinski definition) is 7. The minimum Gasteiger partial charge on any atom is -0.321 e. The summed E-state index contributed by atoms with van der Waals surface area (Å²) in [6.45, 7) is 3.59. The zero-order chi connectivity index (χ0) is 27.8. The van der Waals surface area contributed by atoms with Gasteiger partial charge < -0.3 is 10.6 Å². The van der Waals surface area contributed by atoms with Gasteiger partial charge in [-0.15, -0.1) is 22.0 Å². The zero-order valence-electron chi connectivity index (χ0n) is 21.0. The first kappa shape index (κ1) is 28.0. The number of nitrogens with zero attached hydrogens (tertiary/aromatic N) is 2. The maximum Gasteiger partial charge on any atom is 0.272 e. The Bertz CT molecular complexity index is 1520. The van der Waals surface area contributed by atoms with Crippen LogP contribution in [0.1, 0.15) is 27.9 Å². The summed E-state index contributed by atoms with van der Waals surface area (Å²) >= 11 is 8.93. The van der Waals surface area contributed by atoms with Crippen molar-refractivity contribution in [2.45, 2.75) is 24.0 Å². The molecule has 0 aliphatic carbocycles. The van der Waals surface area contributed by atoms with E-state index in [1.54, 1.807) is 79.7 Å². The Morgan fingerprint density at radius 1 is 0.949 bits per heavy atom. The molecular formula is C28H24ClN5O3S2. The summed E-state index contributed by atoms with van der Waals surface area (Å²) in [7, 11) is 0. The molecule has 0 saturated heterocycles. The average molecular weight is 578 g/mol. The van der Waals surface area contributed by atoms with Gasteiger partial charge in [0.05, 0.1) is 5.25 Å². The van der Waals surface area contributed by atoms with E-state index < -0.39 is 17.1 Å². The van der Waals surface area contributed by atoms with Gasteiger partial charge in [-0.05, 0) is 61.9 Å². The number of thioether (sulfide) groups is 1.